The predicted molar refractivity (Wildman–Crippen MR) is 163 cm³/mol. The third-order valence-electron chi connectivity index (χ3n) is 7.17. The van der Waals surface area contributed by atoms with E-state index in [1.54, 1.807) is 35.0 Å². The highest BCUT2D eigenvalue weighted by Crippen LogP contribution is 2.34. The zero-order chi connectivity index (χ0) is 30.8. The molecule has 1 saturated carbocycles. The number of hydrogen-bond donors (Lipinski definition) is 1. The van der Waals surface area contributed by atoms with E-state index in [9.17, 15) is 21.6 Å². The van der Waals surface area contributed by atoms with Gasteiger partial charge in [0.05, 0.1) is 28.6 Å². The van der Waals surface area contributed by atoms with Gasteiger partial charge in [0.2, 0.25) is 0 Å². The van der Waals surface area contributed by atoms with Crippen molar-refractivity contribution < 1.29 is 25.8 Å². The van der Waals surface area contributed by atoms with Crippen molar-refractivity contribution in [2.45, 2.75) is 57.3 Å². The van der Waals surface area contributed by atoms with Crippen molar-refractivity contribution in [3.05, 3.63) is 63.8 Å². The first-order valence-electron chi connectivity index (χ1n) is 13.3. The number of benzene rings is 2. The van der Waals surface area contributed by atoms with Crippen LogP contribution in [0.15, 0.2) is 42.5 Å². The van der Waals surface area contributed by atoms with Gasteiger partial charge in [0.1, 0.15) is 16.4 Å². The van der Waals surface area contributed by atoms with Gasteiger partial charge in [-0.2, -0.15) is 26.7 Å². The van der Waals surface area contributed by atoms with E-state index in [4.69, 9.17) is 44.7 Å². The van der Waals surface area contributed by atoms with E-state index in [1.165, 1.54) is 12.1 Å². The van der Waals surface area contributed by atoms with E-state index < -0.39 is 28.5 Å². The first-order chi connectivity index (χ1) is 19.6. The monoisotopic (exact) mass is 662 g/mol. The van der Waals surface area contributed by atoms with Crippen LogP contribution in [0.5, 0.6) is 5.75 Å². The van der Waals surface area contributed by atoms with Crippen LogP contribution in [0.3, 0.4) is 0 Å². The van der Waals surface area contributed by atoms with Crippen molar-refractivity contribution in [3.63, 3.8) is 0 Å². The molecule has 0 saturated heterocycles. The maximum absolute atomic E-state index is 12.5. The fourth-order valence-electron chi connectivity index (χ4n) is 5.11. The van der Waals surface area contributed by atoms with Gasteiger partial charge >= 0.3 is 16.3 Å². The molecular formula is C28H31Cl2F3N4O3S2. The van der Waals surface area contributed by atoms with Crippen molar-refractivity contribution >= 4 is 50.5 Å². The Morgan fingerprint density at radius 3 is 2.43 bits per heavy atom. The quantitative estimate of drug-likeness (QED) is 0.196. The highest BCUT2D eigenvalue weighted by molar-refractivity contribution is 7.87. The highest BCUT2D eigenvalue weighted by Gasteiger charge is 2.31. The molecule has 228 valence electrons. The van der Waals surface area contributed by atoms with E-state index in [0.717, 1.165) is 31.2 Å². The Kier molecular flexibility index (Phi) is 10.1. The number of halogens is 5. The number of rotatable bonds is 9. The minimum Gasteiger partial charge on any atom is -0.382 e. The number of likely N-dealkylation sites (N-methyl/N-ethyl adjacent to an activating group) is 1. The zero-order valence-corrected chi connectivity index (χ0v) is 26.4. The van der Waals surface area contributed by atoms with E-state index in [-0.39, 0.29) is 11.8 Å². The smallest absolute Gasteiger partial charge is 0.382 e. The third-order valence-corrected chi connectivity index (χ3v) is 9.17. The first kappa shape index (κ1) is 32.5. The lowest BCUT2D eigenvalue weighted by molar-refractivity contribution is -0.130. The molecule has 2 unspecified atom stereocenters. The third kappa shape index (κ3) is 7.96. The summed E-state index contributed by atoms with van der Waals surface area (Å²) in [6.45, 7) is 1.88. The van der Waals surface area contributed by atoms with Crippen LogP contribution >= 0.6 is 35.4 Å². The topological polar surface area (TPSA) is 76.5 Å². The fraction of sp³-hybridized carbons (Fsp3) is 0.429. The van der Waals surface area contributed by atoms with Crippen LogP contribution in [0.2, 0.25) is 10.0 Å². The summed E-state index contributed by atoms with van der Waals surface area (Å²) in [5, 5.41) is 9.18. The van der Waals surface area contributed by atoms with Gasteiger partial charge in [-0.1, -0.05) is 48.3 Å². The van der Waals surface area contributed by atoms with E-state index in [0.29, 0.717) is 43.7 Å². The number of nitrogens with one attached hydrogen (secondary N) is 1. The lowest BCUT2D eigenvalue weighted by Crippen LogP contribution is -2.51. The van der Waals surface area contributed by atoms with Gasteiger partial charge in [0.15, 0.2) is 0 Å². The second-order valence-corrected chi connectivity index (χ2v) is 13.4. The zero-order valence-electron chi connectivity index (χ0n) is 23.2. The van der Waals surface area contributed by atoms with Gasteiger partial charge in [-0.25, -0.2) is 4.68 Å². The van der Waals surface area contributed by atoms with Gasteiger partial charge in [-0.15, -0.1) is 0 Å². The molecule has 2 aromatic carbocycles. The summed E-state index contributed by atoms with van der Waals surface area (Å²) in [6.07, 6.45) is -1.82. The number of alkyl halides is 3. The molecule has 1 aromatic heterocycles. The summed E-state index contributed by atoms with van der Waals surface area (Å²) >= 11 is 18.6. The molecule has 1 N–H and O–H groups in total. The normalized spacial score (nSPS) is 17.8. The molecule has 42 heavy (non-hydrogen) atoms. The number of aromatic nitrogens is 2. The molecule has 1 fully saturated rings. The Hall–Kier alpha value is -2.38. The molecule has 7 nitrogen and oxygen atoms in total. The molecule has 2 atom stereocenters. The molecule has 1 aliphatic rings. The van der Waals surface area contributed by atoms with Gasteiger partial charge in [0.25, 0.3) is 0 Å². The van der Waals surface area contributed by atoms with Crippen molar-refractivity contribution in [1.82, 2.24) is 20.0 Å². The van der Waals surface area contributed by atoms with Crippen LogP contribution in [-0.2, 0) is 10.1 Å². The number of hydrogen-bond acceptors (Lipinski definition) is 6. The SMILES string of the molecule is Cc1c(C(=S)NC2CCCCC2N(C)C)nn(-c2ccc(Cl)cc2Cl)c1-c1ccc(OS(=O)(=O)CCC(F)(F)F)cc1. The molecule has 0 aliphatic heterocycles. The maximum atomic E-state index is 12.5. The molecular weight excluding hydrogens is 632 g/mol. The summed E-state index contributed by atoms with van der Waals surface area (Å²) in [7, 11) is -0.325. The minimum atomic E-state index is -4.61. The van der Waals surface area contributed by atoms with Crippen LogP contribution in [0, 0.1) is 6.92 Å². The predicted octanol–water partition coefficient (Wildman–Crippen LogP) is 6.95. The Labute approximate surface area is 259 Å². The van der Waals surface area contributed by atoms with Gasteiger partial charge in [-0.3, -0.25) is 0 Å². The van der Waals surface area contributed by atoms with E-state index in [2.05, 4.69) is 24.3 Å². The van der Waals surface area contributed by atoms with Crippen LogP contribution < -0.4 is 9.50 Å². The first-order valence-corrected chi connectivity index (χ1v) is 16.0. The number of nitrogens with zero attached hydrogens (tertiary/aromatic N) is 3. The molecule has 0 radical (unpaired) electrons. The summed E-state index contributed by atoms with van der Waals surface area (Å²) in [4.78, 5) is 2.70. The summed E-state index contributed by atoms with van der Waals surface area (Å²) in [6, 6.07) is 11.4. The molecule has 14 heteroatoms. The lowest BCUT2D eigenvalue weighted by Gasteiger charge is -2.37. The molecule has 0 spiro atoms. The summed E-state index contributed by atoms with van der Waals surface area (Å²) < 4.78 is 68.3. The largest absolute Gasteiger partial charge is 0.390 e. The van der Waals surface area contributed by atoms with Crippen LogP contribution in [-0.4, -0.2) is 66.2 Å². The van der Waals surface area contributed by atoms with Crippen LogP contribution in [0.1, 0.15) is 43.4 Å². The molecule has 3 aromatic rings. The molecule has 0 bridgehead atoms. The van der Waals surface area contributed by atoms with Crippen molar-refractivity contribution in [1.29, 1.82) is 0 Å². The van der Waals surface area contributed by atoms with Gasteiger partial charge in [0, 0.05) is 28.2 Å². The summed E-state index contributed by atoms with van der Waals surface area (Å²) in [5.74, 6) is -1.29. The molecule has 0 amide bonds. The standard InChI is InChI=1S/C28H31Cl2F3N4O3S2/c1-17-25(27(41)34-22-6-4-5-7-24(22)36(2)3)35-37(23-13-10-19(29)16-21(23)30)26(17)18-8-11-20(12-9-18)40-42(38,39)15-14-28(31,32)33/h8-13,16,22,24H,4-7,14-15H2,1-3H3,(H,34,41). The fourth-order valence-corrected chi connectivity index (χ4v) is 6.91. The molecule has 1 heterocycles. The van der Waals surface area contributed by atoms with Gasteiger partial charge < -0.3 is 14.4 Å². The average Bonchev–Trinajstić information content (AvgIpc) is 3.24. The highest BCUT2D eigenvalue weighted by atomic mass is 35.5. The second-order valence-electron chi connectivity index (χ2n) is 10.5. The van der Waals surface area contributed by atoms with Crippen LogP contribution in [0.25, 0.3) is 16.9 Å². The molecule has 4 rings (SSSR count). The Morgan fingerprint density at radius 1 is 1.14 bits per heavy atom. The number of thiocarbonyl (C=S) groups is 1. The van der Waals surface area contributed by atoms with Crippen molar-refractivity contribution in [2.75, 3.05) is 19.8 Å². The van der Waals surface area contributed by atoms with Crippen molar-refractivity contribution in [2.24, 2.45) is 0 Å². The van der Waals surface area contributed by atoms with E-state index >= 15 is 0 Å². The Morgan fingerprint density at radius 2 is 1.81 bits per heavy atom. The summed E-state index contributed by atoms with van der Waals surface area (Å²) in [5.41, 5.74) is 3.13. The van der Waals surface area contributed by atoms with Crippen LogP contribution in [0.4, 0.5) is 13.2 Å². The minimum absolute atomic E-state index is 0.112. The van der Waals surface area contributed by atoms with E-state index in [1.807, 2.05) is 6.92 Å². The Balaban J connectivity index is 1.69. The second kappa shape index (κ2) is 13.1. The van der Waals surface area contributed by atoms with Gasteiger partial charge in [-0.05, 0) is 76.3 Å². The van der Waals surface area contributed by atoms with Crippen molar-refractivity contribution in [3.8, 4) is 22.7 Å². The lowest BCUT2D eigenvalue weighted by atomic mass is 9.89. The average molecular weight is 664 g/mol. The molecule has 1 aliphatic carbocycles. The Bertz CT molecular complexity index is 1540. The maximum Gasteiger partial charge on any atom is 0.390 e.